The molecule has 1 aromatic rings. The highest BCUT2D eigenvalue weighted by Gasteiger charge is 2.68. The Hall–Kier alpha value is -2.68. The van der Waals surface area contributed by atoms with E-state index in [9.17, 15) is 15.0 Å². The van der Waals surface area contributed by atoms with E-state index < -0.39 is 101 Å². The topological polar surface area (TPSA) is 171 Å². The standard InChI is InChI=1S/C56H94N4O13/c1-19-42-54(12)46-37(6)55(25-22-26-60(46)50(63)72-54)33(2)30-52(10,73-55)47(71-49-44(61)40(57(13)14)29-34(3)67-49)35(4)45(36(5)48(62)69-42)70-43-31-53(11,66-18)56(64,38(7)68-43)32-58(15)27-28-59(16)51(8,9)39-23-20-21-24-41(39)65-17/h20-21,23-24,33-38,40,42-47,49,61,64H,19,22,25-32H2,1-18H3/t33-,34-,35+,36-,37-,38+,40+,42-,43+,44-,45+,46-,47-,49+,52-,53-,54-,55?,56-/m1/s1. The fraction of sp³-hybridized carbons (Fsp3) is 0.857. The Morgan fingerprint density at radius 1 is 0.932 bits per heavy atom. The molecule has 1 amide bonds. The number of likely N-dealkylation sites (N-methyl/N-ethyl adjacent to an activating group) is 3. The maximum atomic E-state index is 15.0. The minimum Gasteiger partial charge on any atom is -0.496 e. The summed E-state index contributed by atoms with van der Waals surface area (Å²) in [6, 6.07) is 7.37. The maximum Gasteiger partial charge on any atom is 0.410 e. The molecule has 416 valence electrons. The van der Waals surface area contributed by atoms with Gasteiger partial charge in [-0.1, -0.05) is 45.9 Å². The van der Waals surface area contributed by atoms with Crippen molar-refractivity contribution in [2.75, 3.05) is 68.6 Å². The first-order valence-electron chi connectivity index (χ1n) is 27.2. The van der Waals surface area contributed by atoms with Crippen molar-refractivity contribution in [3.8, 4) is 5.75 Å². The number of aliphatic hydroxyl groups is 2. The lowest BCUT2D eigenvalue weighted by molar-refractivity contribution is -0.340. The number of cyclic esters (lactones) is 1. The summed E-state index contributed by atoms with van der Waals surface area (Å²) in [5.74, 6) is -1.46. The van der Waals surface area contributed by atoms with Gasteiger partial charge in [-0.3, -0.25) is 9.69 Å². The van der Waals surface area contributed by atoms with Crippen LogP contribution in [0.3, 0.4) is 0 Å². The Labute approximate surface area is 437 Å². The van der Waals surface area contributed by atoms with Crippen LogP contribution in [0.1, 0.15) is 127 Å². The Balaban J connectivity index is 1.22. The van der Waals surface area contributed by atoms with Gasteiger partial charge in [-0.2, -0.15) is 0 Å². The van der Waals surface area contributed by atoms with Crippen LogP contribution in [-0.4, -0.2) is 200 Å². The molecule has 2 N–H and O–H groups in total. The third-order valence-electron chi connectivity index (χ3n) is 19.2. The van der Waals surface area contributed by atoms with Crippen molar-refractivity contribution in [1.29, 1.82) is 0 Å². The minimum absolute atomic E-state index is 0.00119. The number of carbonyl (C=O) groups excluding carboxylic acids is 2. The largest absolute Gasteiger partial charge is 0.496 e. The monoisotopic (exact) mass is 1030 g/mol. The van der Waals surface area contributed by atoms with Crippen molar-refractivity contribution in [2.45, 2.75) is 216 Å². The second kappa shape index (κ2) is 21.6. The van der Waals surface area contributed by atoms with E-state index in [-0.39, 0.29) is 42.5 Å². The summed E-state index contributed by atoms with van der Waals surface area (Å²) >= 11 is 0. The van der Waals surface area contributed by atoms with Crippen LogP contribution in [0, 0.1) is 23.7 Å². The second-order valence-electron chi connectivity index (χ2n) is 24.5. The first kappa shape index (κ1) is 58.0. The molecule has 3 bridgehead atoms. The van der Waals surface area contributed by atoms with Gasteiger partial charge in [0.2, 0.25) is 0 Å². The molecular weight excluding hydrogens is 937 g/mol. The van der Waals surface area contributed by atoms with E-state index in [2.05, 4.69) is 57.5 Å². The molecule has 1 unspecified atom stereocenters. The highest BCUT2D eigenvalue weighted by molar-refractivity contribution is 5.74. The van der Waals surface area contributed by atoms with Gasteiger partial charge in [0.05, 0.1) is 54.7 Å². The van der Waals surface area contributed by atoms with Crippen molar-refractivity contribution in [1.82, 2.24) is 19.6 Å². The molecule has 6 heterocycles. The van der Waals surface area contributed by atoms with Crippen LogP contribution < -0.4 is 4.74 Å². The van der Waals surface area contributed by atoms with Crippen molar-refractivity contribution in [2.24, 2.45) is 23.7 Å². The number of fused-ring (bicyclic) bond motifs is 1. The molecule has 6 aliphatic heterocycles. The van der Waals surface area contributed by atoms with Gasteiger partial charge < -0.3 is 67.5 Å². The van der Waals surface area contributed by atoms with Crippen molar-refractivity contribution in [3.63, 3.8) is 0 Å². The number of hydrogen-bond acceptors (Lipinski definition) is 16. The minimum atomic E-state index is -1.49. The third-order valence-corrected chi connectivity index (χ3v) is 19.2. The number of amides is 1. The third kappa shape index (κ3) is 10.3. The quantitative estimate of drug-likeness (QED) is 0.184. The molecule has 1 aromatic carbocycles. The summed E-state index contributed by atoms with van der Waals surface area (Å²) in [5, 5.41) is 24.9. The van der Waals surface area contributed by atoms with E-state index >= 15 is 4.79 Å². The molecule has 0 aliphatic carbocycles. The number of carbonyl (C=O) groups is 2. The van der Waals surface area contributed by atoms with Gasteiger partial charge in [-0.05, 0) is 128 Å². The molecule has 6 aliphatic rings. The fourth-order valence-electron chi connectivity index (χ4n) is 14.4. The molecule has 7 rings (SSSR count). The van der Waals surface area contributed by atoms with Crippen LogP contribution in [0.5, 0.6) is 5.75 Å². The number of nitrogens with zero attached hydrogens (tertiary/aromatic N) is 4. The van der Waals surface area contributed by atoms with E-state index in [0.29, 0.717) is 51.7 Å². The molecule has 6 fully saturated rings. The van der Waals surface area contributed by atoms with Gasteiger partial charge in [-0.15, -0.1) is 0 Å². The zero-order valence-corrected chi connectivity index (χ0v) is 47.6. The predicted molar refractivity (Wildman–Crippen MR) is 276 cm³/mol. The predicted octanol–water partition coefficient (Wildman–Crippen LogP) is 6.43. The van der Waals surface area contributed by atoms with Crippen LogP contribution in [0.25, 0.3) is 0 Å². The normalized spacial score (nSPS) is 43.6. The Morgan fingerprint density at radius 2 is 1.62 bits per heavy atom. The van der Waals surface area contributed by atoms with Crippen LogP contribution in [0.2, 0.25) is 0 Å². The summed E-state index contributed by atoms with van der Waals surface area (Å²) in [4.78, 5) is 37.2. The first-order valence-corrected chi connectivity index (χ1v) is 27.2. The lowest BCUT2D eigenvalue weighted by Crippen LogP contribution is -2.70. The lowest BCUT2D eigenvalue weighted by Gasteiger charge is -2.54. The average Bonchev–Trinajstić information content (AvgIpc) is 3.69. The van der Waals surface area contributed by atoms with Crippen LogP contribution >= 0.6 is 0 Å². The van der Waals surface area contributed by atoms with Crippen LogP contribution in [0.4, 0.5) is 4.79 Å². The molecule has 73 heavy (non-hydrogen) atoms. The van der Waals surface area contributed by atoms with Crippen molar-refractivity contribution >= 4 is 12.1 Å². The molecule has 17 heteroatoms. The zero-order chi connectivity index (χ0) is 54.0. The number of aliphatic hydroxyl groups excluding tert-OH is 1. The fourth-order valence-corrected chi connectivity index (χ4v) is 14.4. The Morgan fingerprint density at radius 3 is 2.26 bits per heavy atom. The number of esters is 1. The van der Waals surface area contributed by atoms with Gasteiger partial charge in [0.15, 0.2) is 18.2 Å². The van der Waals surface area contributed by atoms with Gasteiger partial charge in [0, 0.05) is 68.7 Å². The van der Waals surface area contributed by atoms with Gasteiger partial charge >= 0.3 is 12.1 Å². The molecule has 6 saturated heterocycles. The Bertz CT molecular complexity index is 2080. The summed E-state index contributed by atoms with van der Waals surface area (Å²) in [6.45, 7) is 26.3. The van der Waals surface area contributed by atoms with Crippen LogP contribution in [0.15, 0.2) is 24.3 Å². The number of para-hydroxylation sites is 1. The number of benzene rings is 1. The molecule has 0 radical (unpaired) electrons. The van der Waals surface area contributed by atoms with E-state index in [1.54, 1.807) is 21.1 Å². The molecule has 0 aromatic heterocycles. The highest BCUT2D eigenvalue weighted by Crippen LogP contribution is 2.58. The molecule has 17 nitrogen and oxygen atoms in total. The van der Waals surface area contributed by atoms with Gasteiger partial charge in [0.25, 0.3) is 0 Å². The summed E-state index contributed by atoms with van der Waals surface area (Å²) < 4.78 is 60.5. The van der Waals surface area contributed by atoms with Gasteiger partial charge in [-0.25, -0.2) is 4.79 Å². The lowest BCUT2D eigenvalue weighted by atomic mass is 9.68. The summed E-state index contributed by atoms with van der Waals surface area (Å²) in [7, 11) is 11.3. The SMILES string of the molecule is CC[C@H]1OC(=O)[C@H](C)[C@@H](O[C@H]2C[C@@](C)(OC)[C@@](O)(CN(C)CCN(C)C(C)(C)c3ccccc3OC)[C@H](C)O2)[C@H](C)[C@@H](O[C@@H]2O[C@H](C)C[C@H](N(C)C)[C@H]2O)[C@@]2(C)C[C@@H](C)C3(CCCN4C(=O)O[C@@]1(C)[C@H]4[C@H]3C)O2. The van der Waals surface area contributed by atoms with E-state index in [4.69, 9.17) is 42.6 Å². The number of hydrogen-bond donors (Lipinski definition) is 2. The molecule has 19 atom stereocenters. The summed E-state index contributed by atoms with van der Waals surface area (Å²) in [5.41, 5.74) is -4.86. The van der Waals surface area contributed by atoms with Crippen molar-refractivity contribution < 1.29 is 62.4 Å². The van der Waals surface area contributed by atoms with Crippen molar-refractivity contribution in [3.05, 3.63) is 29.8 Å². The van der Waals surface area contributed by atoms with Crippen LogP contribution in [-0.2, 0) is 48.2 Å². The second-order valence-corrected chi connectivity index (χ2v) is 24.5. The highest BCUT2D eigenvalue weighted by atomic mass is 16.7. The molecule has 1 spiro atoms. The smallest absolute Gasteiger partial charge is 0.410 e. The maximum absolute atomic E-state index is 15.0. The summed E-state index contributed by atoms with van der Waals surface area (Å²) in [6.07, 6.45) is -3.87. The number of rotatable bonds is 15. The zero-order valence-electron chi connectivity index (χ0n) is 47.6. The average molecular weight is 1030 g/mol. The van der Waals surface area contributed by atoms with E-state index in [1.807, 2.05) is 90.7 Å². The number of methoxy groups -OCH3 is 2. The number of ether oxygens (including phenoxy) is 9. The molecular formula is C56H94N4O13. The van der Waals surface area contributed by atoms with E-state index in [1.165, 1.54) is 0 Å². The van der Waals surface area contributed by atoms with E-state index in [0.717, 1.165) is 11.3 Å². The van der Waals surface area contributed by atoms with Gasteiger partial charge in [0.1, 0.15) is 29.2 Å². The Kier molecular flexibility index (Phi) is 17.2. The molecule has 0 saturated carbocycles. The first-order chi connectivity index (χ1) is 34.1.